The van der Waals surface area contributed by atoms with E-state index >= 15 is 0 Å². The molecule has 2 aromatic rings. The molecule has 1 aliphatic carbocycles. The van der Waals surface area contributed by atoms with Gasteiger partial charge in [0.2, 0.25) is 5.91 Å². The summed E-state index contributed by atoms with van der Waals surface area (Å²) in [7, 11) is 0. The number of fused-ring (bicyclic) bond motifs is 1. The van der Waals surface area contributed by atoms with Crippen LogP contribution in [0.4, 0.5) is 0 Å². The number of hydrogen-bond acceptors (Lipinski definition) is 6. The van der Waals surface area contributed by atoms with Crippen molar-refractivity contribution in [1.29, 1.82) is 0 Å². The molecule has 0 spiro atoms. The standard InChI is InChI=1S/C17H23N5OS3/c1-9-10(2)26-16-14(9)15(18-11(3)19-16)25-8-13(23)21-22-17(24)20-12-6-4-5-7-12/h12H,4-8H2,1-3H3,(H,21,23)(H2,20,22,24). The van der Waals surface area contributed by atoms with Gasteiger partial charge in [-0.15, -0.1) is 11.3 Å². The van der Waals surface area contributed by atoms with E-state index in [0.717, 1.165) is 33.9 Å². The zero-order chi connectivity index (χ0) is 18.7. The molecule has 0 radical (unpaired) electrons. The monoisotopic (exact) mass is 409 g/mol. The van der Waals surface area contributed by atoms with E-state index < -0.39 is 0 Å². The first kappa shape index (κ1) is 19.3. The zero-order valence-electron chi connectivity index (χ0n) is 15.1. The van der Waals surface area contributed by atoms with E-state index in [2.05, 4.69) is 40.0 Å². The summed E-state index contributed by atoms with van der Waals surface area (Å²) in [4.78, 5) is 23.4. The van der Waals surface area contributed by atoms with E-state index in [4.69, 9.17) is 12.2 Å². The second kappa shape index (κ2) is 8.49. The molecule has 2 aromatic heterocycles. The minimum Gasteiger partial charge on any atom is -0.359 e. The highest BCUT2D eigenvalue weighted by Gasteiger charge is 2.17. The molecule has 0 unspecified atom stereocenters. The number of nitrogens with zero attached hydrogens (tertiary/aromatic N) is 2. The first-order valence-electron chi connectivity index (χ1n) is 8.66. The first-order valence-corrected chi connectivity index (χ1v) is 10.9. The highest BCUT2D eigenvalue weighted by Crippen LogP contribution is 2.34. The number of hydrazine groups is 1. The Bertz CT molecular complexity index is 829. The van der Waals surface area contributed by atoms with Crippen LogP contribution in [0.1, 0.15) is 41.9 Å². The third kappa shape index (κ3) is 4.63. The summed E-state index contributed by atoms with van der Waals surface area (Å²) in [5, 5.41) is 5.62. The summed E-state index contributed by atoms with van der Waals surface area (Å²) in [6, 6.07) is 0.420. The third-order valence-corrected chi connectivity index (χ3v) is 6.75. The van der Waals surface area contributed by atoms with Gasteiger partial charge in [0, 0.05) is 16.3 Å². The number of thiophene rings is 1. The van der Waals surface area contributed by atoms with Crippen LogP contribution >= 0.6 is 35.3 Å². The Kier molecular flexibility index (Phi) is 6.31. The van der Waals surface area contributed by atoms with E-state index in [1.807, 2.05) is 6.92 Å². The molecule has 0 atom stereocenters. The lowest BCUT2D eigenvalue weighted by Gasteiger charge is -2.16. The fourth-order valence-corrected chi connectivity index (χ4v) is 5.29. The van der Waals surface area contributed by atoms with E-state index in [1.165, 1.54) is 35.0 Å². The van der Waals surface area contributed by atoms with Crippen molar-refractivity contribution in [3.63, 3.8) is 0 Å². The average Bonchev–Trinajstić information content (AvgIpc) is 3.19. The molecule has 1 fully saturated rings. The lowest BCUT2D eigenvalue weighted by atomic mass is 10.2. The molecule has 0 bridgehead atoms. The second-order valence-electron chi connectivity index (χ2n) is 6.46. The molecular formula is C17H23N5OS3. The maximum Gasteiger partial charge on any atom is 0.248 e. The van der Waals surface area contributed by atoms with Gasteiger partial charge < -0.3 is 5.32 Å². The van der Waals surface area contributed by atoms with Crippen LogP contribution in [0.25, 0.3) is 10.2 Å². The fraction of sp³-hybridized carbons (Fsp3) is 0.529. The van der Waals surface area contributed by atoms with Gasteiger partial charge in [0.1, 0.15) is 15.7 Å². The number of amides is 1. The third-order valence-electron chi connectivity index (χ3n) is 4.45. The van der Waals surface area contributed by atoms with Crippen LogP contribution in [0.15, 0.2) is 5.03 Å². The van der Waals surface area contributed by atoms with Gasteiger partial charge in [0.25, 0.3) is 0 Å². The Morgan fingerprint density at radius 3 is 2.69 bits per heavy atom. The van der Waals surface area contributed by atoms with Gasteiger partial charge in [-0.05, 0) is 51.4 Å². The number of carbonyl (C=O) groups excluding carboxylic acids is 1. The highest BCUT2D eigenvalue weighted by atomic mass is 32.2. The van der Waals surface area contributed by atoms with Gasteiger partial charge in [-0.3, -0.25) is 15.6 Å². The minimum absolute atomic E-state index is 0.139. The molecule has 3 rings (SSSR count). The molecule has 3 N–H and O–H groups in total. The van der Waals surface area contributed by atoms with Crippen LogP contribution in [0.2, 0.25) is 0 Å². The topological polar surface area (TPSA) is 78.9 Å². The van der Waals surface area contributed by atoms with Crippen molar-refractivity contribution in [3.8, 4) is 0 Å². The van der Waals surface area contributed by atoms with E-state index in [0.29, 0.717) is 11.2 Å². The smallest absolute Gasteiger partial charge is 0.248 e. The summed E-state index contributed by atoms with van der Waals surface area (Å²) in [5.74, 6) is 0.847. The molecule has 140 valence electrons. The summed E-state index contributed by atoms with van der Waals surface area (Å²) in [6.07, 6.45) is 4.73. The summed E-state index contributed by atoms with van der Waals surface area (Å²) in [5.41, 5.74) is 6.63. The predicted molar refractivity (Wildman–Crippen MR) is 112 cm³/mol. The lowest BCUT2D eigenvalue weighted by molar-refractivity contribution is -0.119. The minimum atomic E-state index is -0.139. The van der Waals surface area contributed by atoms with Crippen LogP contribution in [0, 0.1) is 20.8 Å². The van der Waals surface area contributed by atoms with Gasteiger partial charge in [0.15, 0.2) is 5.11 Å². The van der Waals surface area contributed by atoms with Crippen LogP contribution in [0.5, 0.6) is 0 Å². The Morgan fingerprint density at radius 2 is 1.96 bits per heavy atom. The lowest BCUT2D eigenvalue weighted by Crippen LogP contribution is -2.49. The van der Waals surface area contributed by atoms with Crippen molar-refractivity contribution < 1.29 is 4.79 Å². The average molecular weight is 410 g/mol. The number of hydrogen-bond donors (Lipinski definition) is 3. The van der Waals surface area contributed by atoms with Crippen LogP contribution < -0.4 is 16.2 Å². The largest absolute Gasteiger partial charge is 0.359 e. The summed E-state index contributed by atoms with van der Waals surface area (Å²) in [6.45, 7) is 6.04. The van der Waals surface area contributed by atoms with Crippen LogP contribution in [-0.4, -0.2) is 32.8 Å². The Morgan fingerprint density at radius 1 is 1.23 bits per heavy atom. The quantitative estimate of drug-likeness (QED) is 0.310. The van der Waals surface area contributed by atoms with Crippen LogP contribution in [0.3, 0.4) is 0 Å². The number of thiocarbonyl (C=S) groups is 1. The number of nitrogens with one attached hydrogen (secondary N) is 3. The predicted octanol–water partition coefficient (Wildman–Crippen LogP) is 3.15. The van der Waals surface area contributed by atoms with Crippen molar-refractivity contribution in [2.75, 3.05) is 5.75 Å². The number of aryl methyl sites for hydroxylation is 3. The highest BCUT2D eigenvalue weighted by molar-refractivity contribution is 8.00. The van der Waals surface area contributed by atoms with Gasteiger partial charge in [-0.1, -0.05) is 24.6 Å². The SMILES string of the molecule is Cc1nc(SCC(=O)NNC(=S)NC2CCCC2)c2c(C)c(C)sc2n1. The number of thioether (sulfide) groups is 1. The van der Waals surface area contributed by atoms with Crippen molar-refractivity contribution in [1.82, 2.24) is 26.1 Å². The Labute approximate surface area is 166 Å². The van der Waals surface area contributed by atoms with Crippen molar-refractivity contribution in [3.05, 3.63) is 16.3 Å². The van der Waals surface area contributed by atoms with E-state index in [9.17, 15) is 4.79 Å². The molecule has 26 heavy (non-hydrogen) atoms. The maximum absolute atomic E-state index is 12.1. The molecule has 9 heteroatoms. The number of aromatic nitrogens is 2. The maximum atomic E-state index is 12.1. The molecule has 1 aliphatic rings. The molecule has 1 saturated carbocycles. The molecule has 6 nitrogen and oxygen atoms in total. The molecule has 0 aliphatic heterocycles. The van der Waals surface area contributed by atoms with Crippen molar-refractivity contribution in [2.45, 2.75) is 57.5 Å². The molecule has 0 aromatic carbocycles. The van der Waals surface area contributed by atoms with Crippen molar-refractivity contribution >= 4 is 56.6 Å². The number of carbonyl (C=O) groups is 1. The van der Waals surface area contributed by atoms with E-state index in [1.54, 1.807) is 11.3 Å². The van der Waals surface area contributed by atoms with Gasteiger partial charge in [0.05, 0.1) is 5.75 Å². The Hall–Kier alpha value is -1.45. The van der Waals surface area contributed by atoms with Gasteiger partial charge in [-0.25, -0.2) is 9.97 Å². The number of rotatable bonds is 4. The summed E-state index contributed by atoms with van der Waals surface area (Å²) < 4.78 is 0. The van der Waals surface area contributed by atoms with Gasteiger partial charge >= 0.3 is 0 Å². The van der Waals surface area contributed by atoms with Crippen molar-refractivity contribution in [2.24, 2.45) is 0 Å². The van der Waals surface area contributed by atoms with E-state index in [-0.39, 0.29) is 11.7 Å². The Balaban J connectivity index is 1.54. The zero-order valence-corrected chi connectivity index (χ0v) is 17.6. The normalized spacial score (nSPS) is 14.6. The molecular weight excluding hydrogens is 386 g/mol. The van der Waals surface area contributed by atoms with Gasteiger partial charge in [-0.2, -0.15) is 0 Å². The first-order chi connectivity index (χ1) is 12.4. The fourth-order valence-electron chi connectivity index (χ4n) is 3.01. The molecule has 2 heterocycles. The molecule has 0 saturated heterocycles. The molecule has 1 amide bonds. The second-order valence-corrected chi connectivity index (χ2v) is 9.03. The van der Waals surface area contributed by atoms with Crippen LogP contribution in [-0.2, 0) is 4.79 Å². The summed E-state index contributed by atoms with van der Waals surface area (Å²) >= 11 is 8.32.